The molecule has 2 saturated carbocycles. The molecule has 1 aromatic rings. The Hall–Kier alpha value is -1.53. The molecule has 2 fully saturated rings. The summed E-state index contributed by atoms with van der Waals surface area (Å²) in [5.74, 6) is -1.24. The number of fused-ring (bicyclic) bond motifs is 1. The van der Waals surface area contributed by atoms with Gasteiger partial charge in [0.15, 0.2) is 11.6 Å². The van der Waals surface area contributed by atoms with Crippen LogP contribution in [0.1, 0.15) is 60.7 Å². The van der Waals surface area contributed by atoms with Gasteiger partial charge in [-0.25, -0.2) is 9.78 Å². The van der Waals surface area contributed by atoms with Crippen LogP contribution in [0.3, 0.4) is 0 Å². The zero-order valence-corrected chi connectivity index (χ0v) is 11.6. The lowest BCUT2D eigenvalue weighted by Gasteiger charge is -2.04. The molecule has 1 heterocycles. The predicted molar refractivity (Wildman–Crippen MR) is 65.7 cm³/mol. The molecule has 3 rings (SSSR count). The van der Waals surface area contributed by atoms with Gasteiger partial charge >= 0.3 is 12.1 Å². The largest absolute Gasteiger partial charge is 0.460 e. The summed E-state index contributed by atoms with van der Waals surface area (Å²) in [6.07, 6.45) is -0.546. The van der Waals surface area contributed by atoms with Crippen LogP contribution in [0.15, 0.2) is 4.42 Å². The Morgan fingerprint density at radius 3 is 2.48 bits per heavy atom. The SMILES string of the molecule is CCOC(=O)c1oc(C2C3CCCCC32)nc1C(F)(F)F. The van der Waals surface area contributed by atoms with Gasteiger partial charge in [0.25, 0.3) is 0 Å². The first-order valence-electron chi connectivity index (χ1n) is 7.18. The summed E-state index contributed by atoms with van der Waals surface area (Å²) in [7, 11) is 0. The Labute approximate surface area is 119 Å². The predicted octanol–water partition coefficient (Wildman–Crippen LogP) is 3.77. The molecule has 0 amide bonds. The highest BCUT2D eigenvalue weighted by Gasteiger charge is 2.55. The highest BCUT2D eigenvalue weighted by molar-refractivity contribution is 5.87. The molecule has 0 aromatic carbocycles. The third-order valence-corrected chi connectivity index (χ3v) is 4.31. The molecular weight excluding hydrogens is 287 g/mol. The molecule has 2 aliphatic rings. The van der Waals surface area contributed by atoms with Crippen LogP contribution < -0.4 is 0 Å². The lowest BCUT2D eigenvalue weighted by Crippen LogP contribution is -2.14. The van der Waals surface area contributed by atoms with Crippen LogP contribution in [0.25, 0.3) is 0 Å². The van der Waals surface area contributed by atoms with Gasteiger partial charge in [0.1, 0.15) is 0 Å². The van der Waals surface area contributed by atoms with Gasteiger partial charge in [0.2, 0.25) is 5.76 Å². The van der Waals surface area contributed by atoms with E-state index in [4.69, 9.17) is 4.42 Å². The molecule has 2 aliphatic carbocycles. The quantitative estimate of drug-likeness (QED) is 0.798. The number of carbonyl (C=O) groups is 1. The van der Waals surface area contributed by atoms with Crippen LogP contribution in [0.5, 0.6) is 0 Å². The summed E-state index contributed by atoms with van der Waals surface area (Å²) in [5, 5.41) is 0. The summed E-state index contributed by atoms with van der Waals surface area (Å²) < 4.78 is 48.7. The molecule has 0 aliphatic heterocycles. The van der Waals surface area contributed by atoms with Crippen molar-refractivity contribution in [2.24, 2.45) is 11.8 Å². The zero-order valence-electron chi connectivity index (χ0n) is 11.6. The van der Waals surface area contributed by atoms with Crippen LogP contribution in [-0.4, -0.2) is 17.6 Å². The highest BCUT2D eigenvalue weighted by atomic mass is 19.4. The van der Waals surface area contributed by atoms with E-state index in [2.05, 4.69) is 9.72 Å². The highest BCUT2D eigenvalue weighted by Crippen LogP contribution is 2.61. The number of nitrogens with zero attached hydrogens (tertiary/aromatic N) is 1. The van der Waals surface area contributed by atoms with E-state index in [0.29, 0.717) is 11.8 Å². The standard InChI is InChI=1S/C14H16F3NO3/c1-2-20-13(19)10-11(14(15,16)17)18-12(21-10)9-7-5-3-4-6-8(7)9/h7-9H,2-6H2,1H3. The molecule has 0 saturated heterocycles. The van der Waals surface area contributed by atoms with E-state index in [0.717, 1.165) is 25.7 Å². The molecule has 4 nitrogen and oxygen atoms in total. The summed E-state index contributed by atoms with van der Waals surface area (Å²) in [6, 6.07) is 0. The van der Waals surface area contributed by atoms with E-state index in [1.165, 1.54) is 6.92 Å². The normalized spacial score (nSPS) is 28.1. The average Bonchev–Trinajstić information content (AvgIpc) is 2.96. The van der Waals surface area contributed by atoms with Crippen molar-refractivity contribution in [1.82, 2.24) is 4.98 Å². The maximum Gasteiger partial charge on any atom is 0.437 e. The zero-order chi connectivity index (χ0) is 15.2. The fourth-order valence-corrected chi connectivity index (χ4v) is 3.36. The van der Waals surface area contributed by atoms with Crippen LogP contribution in [0.2, 0.25) is 0 Å². The Morgan fingerprint density at radius 2 is 1.95 bits per heavy atom. The number of hydrogen-bond donors (Lipinski definition) is 0. The first kappa shape index (κ1) is 14.4. The maximum atomic E-state index is 13.0. The topological polar surface area (TPSA) is 52.3 Å². The summed E-state index contributed by atoms with van der Waals surface area (Å²) in [4.78, 5) is 15.2. The maximum absolute atomic E-state index is 13.0. The third kappa shape index (κ3) is 2.53. The molecule has 0 spiro atoms. The number of aromatic nitrogens is 1. The van der Waals surface area contributed by atoms with Gasteiger partial charge in [-0.2, -0.15) is 13.2 Å². The van der Waals surface area contributed by atoms with Gasteiger partial charge in [0, 0.05) is 5.92 Å². The van der Waals surface area contributed by atoms with Crippen molar-refractivity contribution in [3.63, 3.8) is 0 Å². The number of hydrogen-bond acceptors (Lipinski definition) is 4. The van der Waals surface area contributed by atoms with Crippen LogP contribution in [0.4, 0.5) is 13.2 Å². The van der Waals surface area contributed by atoms with Gasteiger partial charge in [-0.05, 0) is 31.6 Å². The molecule has 0 bridgehead atoms. The van der Waals surface area contributed by atoms with Gasteiger partial charge < -0.3 is 9.15 Å². The Kier molecular flexibility index (Phi) is 3.45. The third-order valence-electron chi connectivity index (χ3n) is 4.31. The molecule has 7 heteroatoms. The van der Waals surface area contributed by atoms with Crippen molar-refractivity contribution in [3.05, 3.63) is 17.3 Å². The number of oxazole rings is 1. The molecule has 2 atom stereocenters. The van der Waals surface area contributed by atoms with Gasteiger partial charge in [-0.15, -0.1) is 0 Å². The summed E-state index contributed by atoms with van der Waals surface area (Å²) in [5.41, 5.74) is -1.26. The van der Waals surface area contributed by atoms with Gasteiger partial charge in [-0.1, -0.05) is 12.8 Å². The van der Waals surface area contributed by atoms with E-state index < -0.39 is 23.6 Å². The first-order valence-corrected chi connectivity index (χ1v) is 7.18. The minimum Gasteiger partial charge on any atom is -0.460 e. The molecular formula is C14H16F3NO3. The molecule has 1 aromatic heterocycles. The van der Waals surface area contributed by atoms with E-state index >= 15 is 0 Å². The number of halogens is 3. The lowest BCUT2D eigenvalue weighted by molar-refractivity contribution is -0.141. The van der Waals surface area contributed by atoms with Crippen molar-refractivity contribution in [2.45, 2.75) is 44.7 Å². The van der Waals surface area contributed by atoms with Crippen molar-refractivity contribution in [2.75, 3.05) is 6.61 Å². The number of ether oxygens (including phenoxy) is 1. The first-order chi connectivity index (χ1) is 9.93. The van der Waals surface area contributed by atoms with Gasteiger partial charge in [0.05, 0.1) is 6.61 Å². The Morgan fingerprint density at radius 1 is 1.33 bits per heavy atom. The number of esters is 1. The summed E-state index contributed by atoms with van der Waals surface area (Å²) in [6.45, 7) is 1.51. The fraction of sp³-hybridized carbons (Fsp3) is 0.714. The number of carbonyl (C=O) groups excluding carboxylic acids is 1. The van der Waals surface area contributed by atoms with Crippen molar-refractivity contribution in [1.29, 1.82) is 0 Å². The molecule has 0 N–H and O–H groups in total. The van der Waals surface area contributed by atoms with Crippen molar-refractivity contribution in [3.8, 4) is 0 Å². The Balaban J connectivity index is 1.91. The minimum absolute atomic E-state index is 0.0131. The second kappa shape index (κ2) is 5.03. The lowest BCUT2D eigenvalue weighted by atomic mass is 10.0. The summed E-state index contributed by atoms with van der Waals surface area (Å²) >= 11 is 0. The van der Waals surface area contributed by atoms with E-state index in [9.17, 15) is 18.0 Å². The molecule has 116 valence electrons. The average molecular weight is 303 g/mol. The number of rotatable bonds is 3. The van der Waals surface area contributed by atoms with E-state index in [1.807, 2.05) is 0 Å². The van der Waals surface area contributed by atoms with Crippen molar-refractivity contribution >= 4 is 5.97 Å². The van der Waals surface area contributed by atoms with Crippen molar-refractivity contribution < 1.29 is 27.1 Å². The number of alkyl halides is 3. The van der Waals surface area contributed by atoms with Gasteiger partial charge in [-0.3, -0.25) is 0 Å². The van der Waals surface area contributed by atoms with E-state index in [-0.39, 0.29) is 18.4 Å². The van der Waals surface area contributed by atoms with Crippen LogP contribution in [-0.2, 0) is 10.9 Å². The monoisotopic (exact) mass is 303 g/mol. The molecule has 0 radical (unpaired) electrons. The molecule has 21 heavy (non-hydrogen) atoms. The van der Waals surface area contributed by atoms with Crippen LogP contribution >= 0.6 is 0 Å². The fourth-order valence-electron chi connectivity index (χ4n) is 3.36. The Bertz CT molecular complexity index is 540. The second-order valence-corrected chi connectivity index (χ2v) is 5.59. The van der Waals surface area contributed by atoms with E-state index in [1.54, 1.807) is 0 Å². The molecule has 2 unspecified atom stereocenters. The van der Waals surface area contributed by atoms with Crippen LogP contribution in [0, 0.1) is 11.8 Å². The minimum atomic E-state index is -4.72. The smallest absolute Gasteiger partial charge is 0.437 e. The second-order valence-electron chi connectivity index (χ2n) is 5.59.